The van der Waals surface area contributed by atoms with Crippen molar-refractivity contribution in [3.8, 4) is 0 Å². The molecule has 3 heteroatoms. The third-order valence-electron chi connectivity index (χ3n) is 3.93. The van der Waals surface area contributed by atoms with Crippen molar-refractivity contribution in [1.29, 1.82) is 0 Å². The minimum Gasteiger partial charge on any atom is -0.389 e. The highest BCUT2D eigenvalue weighted by Crippen LogP contribution is 2.31. The van der Waals surface area contributed by atoms with Crippen LogP contribution < -0.4 is 0 Å². The summed E-state index contributed by atoms with van der Waals surface area (Å²) >= 11 is 1.85. The van der Waals surface area contributed by atoms with Gasteiger partial charge in [-0.25, -0.2) is 0 Å². The van der Waals surface area contributed by atoms with Gasteiger partial charge in [-0.2, -0.15) is 0 Å². The summed E-state index contributed by atoms with van der Waals surface area (Å²) < 4.78 is 0. The second kappa shape index (κ2) is 5.09. The van der Waals surface area contributed by atoms with Crippen molar-refractivity contribution in [2.75, 3.05) is 13.6 Å². The highest BCUT2D eigenvalue weighted by atomic mass is 32.1. The standard InChI is InChI=1S/C14H23NOS/c1-4-12-5-6-13(17-12)10-14(16)7-8-15(3)11(2)9-14/h5-6,11,16H,4,7-10H2,1-3H3. The molecule has 2 atom stereocenters. The number of hydrogen-bond acceptors (Lipinski definition) is 3. The Morgan fingerprint density at radius 2 is 2.18 bits per heavy atom. The smallest absolute Gasteiger partial charge is 0.0722 e. The Balaban J connectivity index is 2.02. The first-order chi connectivity index (χ1) is 8.02. The van der Waals surface area contributed by atoms with Crippen LogP contribution in [-0.2, 0) is 12.8 Å². The topological polar surface area (TPSA) is 23.5 Å². The number of thiophene rings is 1. The quantitative estimate of drug-likeness (QED) is 0.895. The van der Waals surface area contributed by atoms with E-state index in [9.17, 15) is 5.11 Å². The van der Waals surface area contributed by atoms with E-state index < -0.39 is 5.60 Å². The molecule has 0 radical (unpaired) electrons. The molecule has 2 rings (SSSR count). The van der Waals surface area contributed by atoms with Crippen molar-refractivity contribution in [3.63, 3.8) is 0 Å². The van der Waals surface area contributed by atoms with Crippen LogP contribution in [0.5, 0.6) is 0 Å². The van der Waals surface area contributed by atoms with Gasteiger partial charge in [-0.1, -0.05) is 6.92 Å². The maximum Gasteiger partial charge on any atom is 0.0722 e. The van der Waals surface area contributed by atoms with E-state index in [1.54, 1.807) is 0 Å². The summed E-state index contributed by atoms with van der Waals surface area (Å²) in [6.45, 7) is 5.39. The van der Waals surface area contributed by atoms with Crippen LogP contribution in [0, 0.1) is 0 Å². The van der Waals surface area contributed by atoms with Crippen LogP contribution >= 0.6 is 11.3 Å². The summed E-state index contributed by atoms with van der Waals surface area (Å²) in [5, 5.41) is 10.7. The van der Waals surface area contributed by atoms with Gasteiger partial charge in [0, 0.05) is 28.8 Å². The van der Waals surface area contributed by atoms with Crippen LogP contribution in [0.25, 0.3) is 0 Å². The highest BCUT2D eigenvalue weighted by Gasteiger charge is 2.35. The number of nitrogens with zero attached hydrogens (tertiary/aromatic N) is 1. The van der Waals surface area contributed by atoms with E-state index >= 15 is 0 Å². The van der Waals surface area contributed by atoms with Gasteiger partial charge < -0.3 is 10.0 Å². The third kappa shape index (κ3) is 3.09. The van der Waals surface area contributed by atoms with Crippen LogP contribution in [0.1, 0.15) is 36.4 Å². The van der Waals surface area contributed by atoms with Crippen molar-refractivity contribution in [3.05, 3.63) is 21.9 Å². The zero-order valence-corrected chi connectivity index (χ0v) is 11.9. The van der Waals surface area contributed by atoms with Crippen LogP contribution in [0.4, 0.5) is 0 Å². The number of aryl methyl sites for hydroxylation is 1. The molecule has 0 aromatic carbocycles. The van der Waals surface area contributed by atoms with Gasteiger partial charge in [-0.3, -0.25) is 0 Å². The fraction of sp³-hybridized carbons (Fsp3) is 0.714. The molecule has 0 amide bonds. The highest BCUT2D eigenvalue weighted by molar-refractivity contribution is 7.12. The summed E-state index contributed by atoms with van der Waals surface area (Å²) in [7, 11) is 2.14. The molecule has 2 unspecified atom stereocenters. The van der Waals surface area contributed by atoms with E-state index in [-0.39, 0.29) is 0 Å². The summed E-state index contributed by atoms with van der Waals surface area (Å²) in [6, 6.07) is 4.87. The SMILES string of the molecule is CCc1ccc(CC2(O)CCN(C)C(C)C2)s1. The monoisotopic (exact) mass is 253 g/mol. The molecule has 1 aliphatic heterocycles. The molecule has 17 heavy (non-hydrogen) atoms. The molecule has 0 aliphatic carbocycles. The molecular formula is C14H23NOS. The second-order valence-corrected chi connectivity index (χ2v) is 6.66. The second-order valence-electron chi connectivity index (χ2n) is 5.41. The zero-order valence-electron chi connectivity index (χ0n) is 11.1. The lowest BCUT2D eigenvalue weighted by molar-refractivity contribution is -0.0348. The first-order valence-corrected chi connectivity index (χ1v) is 7.34. The summed E-state index contributed by atoms with van der Waals surface area (Å²) in [5.41, 5.74) is -0.484. The molecule has 1 saturated heterocycles. The average molecular weight is 253 g/mol. The van der Waals surface area contributed by atoms with Gasteiger partial charge in [0.1, 0.15) is 0 Å². The fourth-order valence-electron chi connectivity index (χ4n) is 2.60. The molecule has 96 valence electrons. The Hall–Kier alpha value is -0.380. The predicted molar refractivity (Wildman–Crippen MR) is 73.7 cm³/mol. The molecule has 1 aromatic heterocycles. The zero-order chi connectivity index (χ0) is 12.5. The largest absolute Gasteiger partial charge is 0.389 e. The number of piperidine rings is 1. The van der Waals surface area contributed by atoms with E-state index in [0.29, 0.717) is 6.04 Å². The van der Waals surface area contributed by atoms with Gasteiger partial charge in [-0.15, -0.1) is 11.3 Å². The maximum atomic E-state index is 10.7. The fourth-order valence-corrected chi connectivity index (χ4v) is 3.70. The van der Waals surface area contributed by atoms with Crippen LogP contribution in [0.2, 0.25) is 0 Å². The third-order valence-corrected chi connectivity index (χ3v) is 5.16. The normalized spacial score (nSPS) is 30.7. The van der Waals surface area contributed by atoms with E-state index in [1.165, 1.54) is 9.75 Å². The minimum absolute atomic E-state index is 0.484. The van der Waals surface area contributed by atoms with Gasteiger partial charge in [0.05, 0.1) is 5.60 Å². The van der Waals surface area contributed by atoms with Gasteiger partial charge in [0.25, 0.3) is 0 Å². The van der Waals surface area contributed by atoms with Gasteiger partial charge in [-0.05, 0) is 45.4 Å². The summed E-state index contributed by atoms with van der Waals surface area (Å²) in [4.78, 5) is 5.09. The molecule has 1 aromatic rings. The predicted octanol–water partition coefficient (Wildman–Crippen LogP) is 2.70. The molecule has 2 heterocycles. The first-order valence-electron chi connectivity index (χ1n) is 6.52. The minimum atomic E-state index is -0.484. The number of rotatable bonds is 3. The van der Waals surface area contributed by atoms with Crippen LogP contribution in [-0.4, -0.2) is 35.2 Å². The van der Waals surface area contributed by atoms with E-state index in [1.807, 2.05) is 11.3 Å². The van der Waals surface area contributed by atoms with Crippen LogP contribution in [0.3, 0.4) is 0 Å². The molecule has 1 N–H and O–H groups in total. The Morgan fingerprint density at radius 1 is 1.47 bits per heavy atom. The van der Waals surface area contributed by atoms with Gasteiger partial charge in [0.15, 0.2) is 0 Å². The lowest BCUT2D eigenvalue weighted by atomic mass is 9.84. The van der Waals surface area contributed by atoms with Crippen molar-refractivity contribution in [1.82, 2.24) is 4.90 Å². The maximum absolute atomic E-state index is 10.7. The van der Waals surface area contributed by atoms with E-state index in [0.717, 1.165) is 32.2 Å². The number of likely N-dealkylation sites (tertiary alicyclic amines) is 1. The molecule has 0 bridgehead atoms. The Labute approximate surface area is 108 Å². The molecule has 0 saturated carbocycles. The summed E-state index contributed by atoms with van der Waals surface area (Å²) in [6.07, 6.45) is 3.72. The Morgan fingerprint density at radius 3 is 2.76 bits per heavy atom. The summed E-state index contributed by atoms with van der Waals surface area (Å²) in [5.74, 6) is 0. The first kappa shape index (κ1) is 13.1. The molecule has 1 fully saturated rings. The Bertz CT molecular complexity index is 376. The van der Waals surface area contributed by atoms with E-state index in [4.69, 9.17) is 0 Å². The average Bonchev–Trinajstić information content (AvgIpc) is 2.71. The lowest BCUT2D eigenvalue weighted by Crippen LogP contribution is -2.48. The lowest BCUT2D eigenvalue weighted by Gasteiger charge is -2.41. The van der Waals surface area contributed by atoms with Crippen molar-refractivity contribution in [2.45, 2.75) is 51.2 Å². The molecule has 2 nitrogen and oxygen atoms in total. The molecule has 1 aliphatic rings. The van der Waals surface area contributed by atoms with Gasteiger partial charge in [0.2, 0.25) is 0 Å². The van der Waals surface area contributed by atoms with E-state index in [2.05, 4.69) is 37.9 Å². The number of hydrogen-bond donors (Lipinski definition) is 1. The molecular weight excluding hydrogens is 230 g/mol. The molecule has 0 spiro atoms. The van der Waals surface area contributed by atoms with Crippen molar-refractivity contribution >= 4 is 11.3 Å². The van der Waals surface area contributed by atoms with Crippen LogP contribution in [0.15, 0.2) is 12.1 Å². The van der Waals surface area contributed by atoms with Crippen molar-refractivity contribution < 1.29 is 5.11 Å². The number of aliphatic hydroxyl groups is 1. The Kier molecular flexibility index (Phi) is 3.91. The van der Waals surface area contributed by atoms with Crippen molar-refractivity contribution in [2.24, 2.45) is 0 Å². The van der Waals surface area contributed by atoms with Gasteiger partial charge >= 0.3 is 0 Å².